The standard InChI is InChI=1S/C9H13NO3S/c1-3-14(12,13)10-8-4-5-9(11)7(2)6-8/h4-6,10-11H,3H2,1-2H3. The molecule has 0 saturated carbocycles. The molecular weight excluding hydrogens is 202 g/mol. The lowest BCUT2D eigenvalue weighted by molar-refractivity contribution is 0.471. The lowest BCUT2D eigenvalue weighted by atomic mass is 10.2. The van der Waals surface area contributed by atoms with Crippen molar-refractivity contribution in [1.29, 1.82) is 0 Å². The minimum Gasteiger partial charge on any atom is -0.508 e. The smallest absolute Gasteiger partial charge is 0.232 e. The Balaban J connectivity index is 2.94. The predicted octanol–water partition coefficient (Wildman–Crippen LogP) is 1.46. The maximum absolute atomic E-state index is 11.2. The molecule has 0 aromatic heterocycles. The Morgan fingerprint density at radius 3 is 2.57 bits per heavy atom. The minimum atomic E-state index is -3.23. The Bertz CT molecular complexity index is 426. The van der Waals surface area contributed by atoms with Crippen LogP contribution in [0.3, 0.4) is 0 Å². The van der Waals surface area contributed by atoms with Crippen molar-refractivity contribution in [3.63, 3.8) is 0 Å². The Morgan fingerprint density at radius 2 is 2.07 bits per heavy atom. The molecule has 0 radical (unpaired) electrons. The summed E-state index contributed by atoms with van der Waals surface area (Å²) in [4.78, 5) is 0. The first kappa shape index (κ1) is 10.8. The van der Waals surface area contributed by atoms with E-state index in [1.165, 1.54) is 12.1 Å². The van der Waals surface area contributed by atoms with Gasteiger partial charge in [-0.25, -0.2) is 8.42 Å². The summed E-state index contributed by atoms with van der Waals surface area (Å²) < 4.78 is 24.8. The van der Waals surface area contributed by atoms with Crippen molar-refractivity contribution in [3.8, 4) is 5.75 Å². The Hall–Kier alpha value is -1.23. The summed E-state index contributed by atoms with van der Waals surface area (Å²) in [5.74, 6) is 0.192. The molecule has 0 aliphatic carbocycles. The molecule has 0 bridgehead atoms. The zero-order valence-corrected chi connectivity index (χ0v) is 8.93. The normalized spacial score (nSPS) is 11.3. The minimum absolute atomic E-state index is 0.0346. The zero-order valence-electron chi connectivity index (χ0n) is 8.11. The van der Waals surface area contributed by atoms with Crippen molar-refractivity contribution in [2.75, 3.05) is 10.5 Å². The van der Waals surface area contributed by atoms with E-state index in [0.29, 0.717) is 11.3 Å². The number of hydrogen-bond acceptors (Lipinski definition) is 3. The molecule has 4 nitrogen and oxygen atoms in total. The van der Waals surface area contributed by atoms with Crippen LogP contribution in [0.4, 0.5) is 5.69 Å². The highest BCUT2D eigenvalue weighted by atomic mass is 32.2. The van der Waals surface area contributed by atoms with E-state index in [1.54, 1.807) is 19.9 Å². The molecule has 0 amide bonds. The summed E-state index contributed by atoms with van der Waals surface area (Å²) in [5, 5.41) is 9.22. The van der Waals surface area contributed by atoms with Gasteiger partial charge in [-0.05, 0) is 37.6 Å². The Labute approximate surface area is 83.6 Å². The molecule has 78 valence electrons. The topological polar surface area (TPSA) is 66.4 Å². The first-order chi connectivity index (χ1) is 6.44. The summed E-state index contributed by atoms with van der Waals surface area (Å²) in [6, 6.07) is 4.57. The van der Waals surface area contributed by atoms with Gasteiger partial charge in [-0.15, -0.1) is 0 Å². The second kappa shape index (κ2) is 3.88. The van der Waals surface area contributed by atoms with Gasteiger partial charge in [-0.3, -0.25) is 4.72 Å². The van der Waals surface area contributed by atoms with E-state index < -0.39 is 10.0 Å². The molecule has 1 aromatic carbocycles. The monoisotopic (exact) mass is 215 g/mol. The molecule has 0 heterocycles. The zero-order chi connectivity index (χ0) is 10.8. The van der Waals surface area contributed by atoms with Gasteiger partial charge in [0.2, 0.25) is 10.0 Å². The van der Waals surface area contributed by atoms with E-state index >= 15 is 0 Å². The average Bonchev–Trinajstić information content (AvgIpc) is 2.11. The maximum Gasteiger partial charge on any atom is 0.232 e. The fourth-order valence-electron chi connectivity index (χ4n) is 0.971. The highest BCUT2D eigenvalue weighted by Crippen LogP contribution is 2.20. The summed E-state index contributed by atoms with van der Waals surface area (Å²) in [6.45, 7) is 3.27. The lowest BCUT2D eigenvalue weighted by Crippen LogP contribution is -2.14. The van der Waals surface area contributed by atoms with Gasteiger partial charge in [-0.2, -0.15) is 0 Å². The number of rotatable bonds is 3. The van der Waals surface area contributed by atoms with Gasteiger partial charge in [0.05, 0.1) is 5.75 Å². The summed E-state index contributed by atoms with van der Waals surface area (Å²) >= 11 is 0. The number of aromatic hydroxyl groups is 1. The fraction of sp³-hybridized carbons (Fsp3) is 0.333. The summed E-state index contributed by atoms with van der Waals surface area (Å²) in [6.07, 6.45) is 0. The van der Waals surface area contributed by atoms with Crippen LogP contribution in [0.25, 0.3) is 0 Å². The van der Waals surface area contributed by atoms with E-state index in [2.05, 4.69) is 4.72 Å². The van der Waals surface area contributed by atoms with Crippen LogP contribution in [0, 0.1) is 6.92 Å². The second-order valence-electron chi connectivity index (χ2n) is 3.01. The van der Waals surface area contributed by atoms with Crippen LogP contribution in [-0.2, 0) is 10.0 Å². The molecule has 0 aliphatic rings. The second-order valence-corrected chi connectivity index (χ2v) is 5.02. The molecule has 1 rings (SSSR count). The summed E-state index contributed by atoms with van der Waals surface area (Å²) in [7, 11) is -3.23. The first-order valence-corrected chi connectivity index (χ1v) is 5.90. The maximum atomic E-state index is 11.2. The third-order valence-electron chi connectivity index (χ3n) is 1.85. The number of benzene rings is 1. The van der Waals surface area contributed by atoms with Crippen LogP contribution >= 0.6 is 0 Å². The van der Waals surface area contributed by atoms with Crippen molar-refractivity contribution < 1.29 is 13.5 Å². The molecule has 0 unspecified atom stereocenters. The third kappa shape index (κ3) is 2.63. The Morgan fingerprint density at radius 1 is 1.43 bits per heavy atom. The summed E-state index contributed by atoms with van der Waals surface area (Å²) in [5.41, 5.74) is 1.11. The Kier molecular flexibility index (Phi) is 3.00. The van der Waals surface area contributed by atoms with Crippen molar-refractivity contribution in [1.82, 2.24) is 0 Å². The number of sulfonamides is 1. The SMILES string of the molecule is CCS(=O)(=O)Nc1ccc(O)c(C)c1. The average molecular weight is 215 g/mol. The van der Waals surface area contributed by atoms with Gasteiger partial charge in [-0.1, -0.05) is 0 Å². The number of phenols is 1. The van der Waals surface area contributed by atoms with Crippen LogP contribution in [-0.4, -0.2) is 19.3 Å². The molecule has 0 saturated heterocycles. The molecule has 0 aliphatic heterocycles. The molecule has 14 heavy (non-hydrogen) atoms. The van der Waals surface area contributed by atoms with Gasteiger partial charge in [0.1, 0.15) is 5.75 Å². The van der Waals surface area contributed by atoms with Gasteiger partial charge in [0, 0.05) is 5.69 Å². The van der Waals surface area contributed by atoms with Gasteiger partial charge < -0.3 is 5.11 Å². The van der Waals surface area contributed by atoms with E-state index in [4.69, 9.17) is 0 Å². The van der Waals surface area contributed by atoms with E-state index in [-0.39, 0.29) is 11.5 Å². The van der Waals surface area contributed by atoms with E-state index in [0.717, 1.165) is 0 Å². The van der Waals surface area contributed by atoms with Crippen LogP contribution in [0.2, 0.25) is 0 Å². The first-order valence-electron chi connectivity index (χ1n) is 4.24. The highest BCUT2D eigenvalue weighted by Gasteiger charge is 2.07. The highest BCUT2D eigenvalue weighted by molar-refractivity contribution is 7.92. The molecule has 0 atom stereocenters. The molecule has 0 fully saturated rings. The fourth-order valence-corrected chi connectivity index (χ4v) is 1.60. The van der Waals surface area contributed by atoms with Crippen LogP contribution in [0.15, 0.2) is 18.2 Å². The van der Waals surface area contributed by atoms with Crippen LogP contribution in [0.1, 0.15) is 12.5 Å². The van der Waals surface area contributed by atoms with E-state index in [9.17, 15) is 13.5 Å². The molecule has 0 spiro atoms. The third-order valence-corrected chi connectivity index (χ3v) is 3.16. The van der Waals surface area contributed by atoms with Gasteiger partial charge in [0.25, 0.3) is 0 Å². The number of hydrogen-bond donors (Lipinski definition) is 2. The van der Waals surface area contributed by atoms with Crippen molar-refractivity contribution >= 4 is 15.7 Å². The predicted molar refractivity (Wildman–Crippen MR) is 55.9 cm³/mol. The number of phenolic OH excluding ortho intramolecular Hbond substituents is 1. The number of aryl methyl sites for hydroxylation is 1. The van der Waals surface area contributed by atoms with Crippen LogP contribution in [0.5, 0.6) is 5.75 Å². The van der Waals surface area contributed by atoms with Crippen molar-refractivity contribution in [3.05, 3.63) is 23.8 Å². The van der Waals surface area contributed by atoms with Crippen molar-refractivity contribution in [2.45, 2.75) is 13.8 Å². The molecule has 5 heteroatoms. The largest absolute Gasteiger partial charge is 0.508 e. The molecule has 1 aromatic rings. The van der Waals surface area contributed by atoms with Crippen molar-refractivity contribution in [2.24, 2.45) is 0 Å². The number of anilines is 1. The van der Waals surface area contributed by atoms with Gasteiger partial charge in [0.15, 0.2) is 0 Å². The van der Waals surface area contributed by atoms with E-state index in [1.807, 2.05) is 0 Å². The van der Waals surface area contributed by atoms with Crippen LogP contribution < -0.4 is 4.72 Å². The molecule has 2 N–H and O–H groups in total. The number of nitrogens with one attached hydrogen (secondary N) is 1. The lowest BCUT2D eigenvalue weighted by Gasteiger charge is -2.07. The quantitative estimate of drug-likeness (QED) is 0.750. The van der Waals surface area contributed by atoms with Gasteiger partial charge >= 0.3 is 0 Å². The molecular formula is C9H13NO3S.